The van der Waals surface area contributed by atoms with Crippen molar-refractivity contribution >= 4 is 28.6 Å². The van der Waals surface area contributed by atoms with E-state index in [9.17, 15) is 9.90 Å². The van der Waals surface area contributed by atoms with Gasteiger partial charge in [-0.05, 0) is 83.0 Å². The van der Waals surface area contributed by atoms with E-state index >= 15 is 0 Å². The Morgan fingerprint density at radius 3 is 2.58 bits per heavy atom. The average Bonchev–Trinajstić information content (AvgIpc) is 3.60. The van der Waals surface area contributed by atoms with Crippen LogP contribution in [0.5, 0.6) is 0 Å². The number of anilines is 2. The van der Waals surface area contributed by atoms with E-state index in [0.717, 1.165) is 81.3 Å². The van der Waals surface area contributed by atoms with Crippen molar-refractivity contribution in [1.29, 1.82) is 0 Å². The van der Waals surface area contributed by atoms with Crippen LogP contribution >= 0.6 is 0 Å². The first-order valence-corrected chi connectivity index (χ1v) is 15.4. The molecule has 1 aromatic carbocycles. The molecule has 1 amide bonds. The summed E-state index contributed by atoms with van der Waals surface area (Å²) in [6.45, 7) is 4.06. The molecule has 228 valence electrons. The smallest absolute Gasteiger partial charge is 0.258 e. The summed E-state index contributed by atoms with van der Waals surface area (Å²) in [5.74, 6) is 0.311. The number of piperidine rings is 1. The number of nitrogens with one attached hydrogen (secondary N) is 2. The molecule has 1 aliphatic heterocycles. The molecule has 2 aliphatic rings. The molecule has 0 spiro atoms. The Labute approximate surface area is 252 Å². The first-order valence-electron chi connectivity index (χ1n) is 15.4. The lowest BCUT2D eigenvalue weighted by Crippen LogP contribution is -2.44. The molecular weight excluding hydrogens is 542 g/mol. The van der Waals surface area contributed by atoms with E-state index in [-0.39, 0.29) is 18.1 Å². The first kappa shape index (κ1) is 29.3. The van der Waals surface area contributed by atoms with Gasteiger partial charge in [0, 0.05) is 74.5 Å². The van der Waals surface area contributed by atoms with Crippen molar-refractivity contribution in [3.63, 3.8) is 0 Å². The zero-order chi connectivity index (χ0) is 29.9. The van der Waals surface area contributed by atoms with Crippen LogP contribution in [0.4, 0.5) is 11.6 Å². The summed E-state index contributed by atoms with van der Waals surface area (Å²) in [6, 6.07) is 10.7. The number of benzene rings is 1. The number of aromatic nitrogens is 5. The number of carbonyl (C=O) groups excluding carboxylic acids is 1. The minimum Gasteiger partial charge on any atom is -0.393 e. The molecule has 4 heterocycles. The second-order valence-electron chi connectivity index (χ2n) is 12.2. The zero-order valence-electron chi connectivity index (χ0n) is 25.4. The molecule has 11 nitrogen and oxygen atoms in total. The van der Waals surface area contributed by atoms with E-state index in [1.54, 1.807) is 29.2 Å². The quantitative estimate of drug-likeness (QED) is 0.273. The molecule has 0 radical (unpaired) electrons. The molecule has 2 fully saturated rings. The van der Waals surface area contributed by atoms with Gasteiger partial charge in [-0.25, -0.2) is 4.98 Å². The van der Waals surface area contributed by atoms with Gasteiger partial charge in [-0.2, -0.15) is 5.10 Å². The molecule has 1 aliphatic carbocycles. The summed E-state index contributed by atoms with van der Waals surface area (Å²) in [5, 5.41) is 21.3. The van der Waals surface area contributed by atoms with E-state index in [4.69, 9.17) is 4.98 Å². The molecule has 0 unspecified atom stereocenters. The van der Waals surface area contributed by atoms with Crippen molar-refractivity contribution in [1.82, 2.24) is 34.5 Å². The van der Waals surface area contributed by atoms with Gasteiger partial charge in [-0.3, -0.25) is 19.8 Å². The molecule has 3 N–H and O–H groups in total. The van der Waals surface area contributed by atoms with Gasteiger partial charge in [-0.1, -0.05) is 0 Å². The fourth-order valence-corrected chi connectivity index (χ4v) is 6.34. The number of fused-ring (bicyclic) bond motifs is 1. The van der Waals surface area contributed by atoms with Crippen molar-refractivity contribution in [2.24, 2.45) is 7.05 Å². The molecule has 0 bridgehead atoms. The highest BCUT2D eigenvalue weighted by molar-refractivity contribution is 6.04. The standard InChI is InChI=1S/C32H43N9O2/c1-38(2)17-14-33-24-11-15-40(16-12-24)26-6-9-28-30(19-26)41(25-4-7-27(42)8-5-25)32(36-28)37-31(43)22-10-13-34-29(18-22)23-20-35-39(3)21-23/h6,9-10,13,18-21,24-25,27,33,42H,4-5,7-8,11-12,14-17H2,1-3H3,(H,36,37,43)/t25-,27+. The molecule has 6 rings (SSSR count). The Kier molecular flexibility index (Phi) is 8.73. The maximum Gasteiger partial charge on any atom is 0.258 e. The van der Waals surface area contributed by atoms with Crippen molar-refractivity contribution in [3.8, 4) is 11.3 Å². The number of nitrogens with zero attached hydrogens (tertiary/aromatic N) is 7. The van der Waals surface area contributed by atoms with Gasteiger partial charge in [-0.15, -0.1) is 0 Å². The minimum absolute atomic E-state index is 0.147. The second-order valence-corrected chi connectivity index (χ2v) is 12.2. The van der Waals surface area contributed by atoms with Gasteiger partial charge in [0.2, 0.25) is 5.95 Å². The highest BCUT2D eigenvalue weighted by Crippen LogP contribution is 2.36. The third kappa shape index (κ3) is 6.74. The van der Waals surface area contributed by atoms with Crippen LogP contribution in [-0.4, -0.2) is 92.6 Å². The van der Waals surface area contributed by atoms with Crippen LogP contribution in [0.1, 0.15) is 54.9 Å². The van der Waals surface area contributed by atoms with Crippen molar-refractivity contribution in [2.75, 3.05) is 50.5 Å². The maximum atomic E-state index is 13.6. The van der Waals surface area contributed by atoms with Crippen LogP contribution in [0, 0.1) is 0 Å². The Bertz CT molecular complexity index is 1550. The minimum atomic E-state index is -0.269. The van der Waals surface area contributed by atoms with E-state index < -0.39 is 0 Å². The normalized spacial score (nSPS) is 19.8. The first-order chi connectivity index (χ1) is 20.8. The number of pyridine rings is 1. The molecule has 0 atom stereocenters. The number of aryl methyl sites for hydroxylation is 1. The van der Waals surface area contributed by atoms with Crippen LogP contribution in [0.2, 0.25) is 0 Å². The van der Waals surface area contributed by atoms with Crippen LogP contribution in [0.25, 0.3) is 22.3 Å². The second kappa shape index (κ2) is 12.8. The Balaban J connectivity index is 1.24. The van der Waals surface area contributed by atoms with E-state index in [1.807, 2.05) is 13.2 Å². The summed E-state index contributed by atoms with van der Waals surface area (Å²) in [6.07, 6.45) is 10.4. The number of aliphatic hydroxyl groups excluding tert-OH is 1. The van der Waals surface area contributed by atoms with E-state index in [0.29, 0.717) is 23.2 Å². The number of rotatable bonds is 9. The lowest BCUT2D eigenvalue weighted by molar-refractivity contribution is 0.102. The Hall–Kier alpha value is -3.80. The zero-order valence-corrected chi connectivity index (χ0v) is 25.4. The highest BCUT2D eigenvalue weighted by atomic mass is 16.3. The van der Waals surface area contributed by atoms with E-state index in [2.05, 4.69) is 67.4 Å². The number of hydrogen-bond acceptors (Lipinski definition) is 8. The van der Waals surface area contributed by atoms with Gasteiger partial charge >= 0.3 is 0 Å². The third-order valence-electron chi connectivity index (χ3n) is 8.80. The number of hydrogen-bond donors (Lipinski definition) is 3. The summed E-state index contributed by atoms with van der Waals surface area (Å²) < 4.78 is 3.91. The third-order valence-corrected chi connectivity index (χ3v) is 8.80. The molecular formula is C32H43N9O2. The van der Waals surface area contributed by atoms with Crippen molar-refractivity contribution in [2.45, 2.75) is 56.7 Å². The summed E-state index contributed by atoms with van der Waals surface area (Å²) in [5.41, 5.74) is 5.11. The molecule has 1 saturated heterocycles. The average molecular weight is 586 g/mol. The summed E-state index contributed by atoms with van der Waals surface area (Å²) in [4.78, 5) is 27.6. The fraction of sp³-hybridized carbons (Fsp3) is 0.500. The Morgan fingerprint density at radius 1 is 1.07 bits per heavy atom. The predicted molar refractivity (Wildman–Crippen MR) is 169 cm³/mol. The van der Waals surface area contributed by atoms with Gasteiger partial charge in [0.05, 0.1) is 29.0 Å². The van der Waals surface area contributed by atoms with Gasteiger partial charge < -0.3 is 24.8 Å². The van der Waals surface area contributed by atoms with Crippen LogP contribution in [0.3, 0.4) is 0 Å². The SMILES string of the molecule is CN(C)CCNC1CCN(c2ccc3nc(NC(=O)c4ccnc(-c5cnn(C)c5)c4)n([C@H]4CC[C@@H](O)CC4)c3c2)CC1. The summed E-state index contributed by atoms with van der Waals surface area (Å²) in [7, 11) is 6.07. The number of imidazole rings is 1. The lowest BCUT2D eigenvalue weighted by atomic mass is 9.93. The van der Waals surface area contributed by atoms with Crippen molar-refractivity contribution in [3.05, 3.63) is 54.5 Å². The molecule has 1 saturated carbocycles. The van der Waals surface area contributed by atoms with Gasteiger partial charge in [0.15, 0.2) is 0 Å². The van der Waals surface area contributed by atoms with Gasteiger partial charge in [0.1, 0.15) is 0 Å². The van der Waals surface area contributed by atoms with Crippen LogP contribution < -0.4 is 15.5 Å². The molecule has 43 heavy (non-hydrogen) atoms. The largest absolute Gasteiger partial charge is 0.393 e. The summed E-state index contributed by atoms with van der Waals surface area (Å²) >= 11 is 0. The molecule has 4 aromatic rings. The molecule has 3 aromatic heterocycles. The number of likely N-dealkylation sites (N-methyl/N-ethyl adjacent to an activating group) is 1. The maximum absolute atomic E-state index is 13.6. The fourth-order valence-electron chi connectivity index (χ4n) is 6.34. The number of amides is 1. The van der Waals surface area contributed by atoms with E-state index in [1.165, 1.54) is 5.69 Å². The molecule has 11 heteroatoms. The van der Waals surface area contributed by atoms with Crippen molar-refractivity contribution < 1.29 is 9.90 Å². The topological polar surface area (TPSA) is 116 Å². The highest BCUT2D eigenvalue weighted by Gasteiger charge is 2.27. The van der Waals surface area contributed by atoms with Crippen LogP contribution in [0.15, 0.2) is 48.9 Å². The Morgan fingerprint density at radius 2 is 1.86 bits per heavy atom. The lowest BCUT2D eigenvalue weighted by Gasteiger charge is -2.34. The van der Waals surface area contributed by atoms with Crippen LogP contribution in [-0.2, 0) is 7.05 Å². The predicted octanol–water partition coefficient (Wildman–Crippen LogP) is 3.68. The monoisotopic (exact) mass is 585 g/mol. The number of aliphatic hydroxyl groups is 1. The number of carbonyl (C=O) groups is 1. The van der Waals surface area contributed by atoms with Gasteiger partial charge in [0.25, 0.3) is 5.91 Å².